The molecule has 0 aromatic heterocycles. The fourth-order valence-corrected chi connectivity index (χ4v) is 12.3. The van der Waals surface area contributed by atoms with Crippen LogP contribution in [-0.2, 0) is 4.52 Å². The standard InChI is InChI=1S/C32H29ClFOP/c1-3-27(34)23-31-24(2)36(28-13-7-4-8-14-28,29-15-9-5-10-16-29,30-17-11-6-12-18-30)35-32(31)25-19-21-26(33)22-20-25/h3-24,32H,1-2H3. The van der Waals surface area contributed by atoms with Crippen LogP contribution in [0.25, 0.3) is 0 Å². The Kier molecular flexibility index (Phi) is 6.70. The molecule has 1 saturated heterocycles. The Morgan fingerprint density at radius 3 is 1.61 bits per heavy atom. The number of rotatable bonds is 5. The van der Waals surface area contributed by atoms with Gasteiger partial charge in [0.05, 0.1) is 0 Å². The molecule has 2 atom stereocenters. The van der Waals surface area contributed by atoms with Gasteiger partial charge in [0.1, 0.15) is 0 Å². The van der Waals surface area contributed by atoms with E-state index in [2.05, 4.69) is 79.7 Å². The van der Waals surface area contributed by atoms with Gasteiger partial charge in [0.15, 0.2) is 0 Å². The van der Waals surface area contributed by atoms with Crippen LogP contribution in [0.15, 0.2) is 139 Å². The number of hydrogen-bond donors (Lipinski definition) is 0. The molecule has 1 nitrogen and oxygen atoms in total. The molecule has 4 aromatic rings. The quantitative estimate of drug-likeness (QED) is 0.245. The first-order chi connectivity index (χ1) is 17.5. The summed E-state index contributed by atoms with van der Waals surface area (Å²) < 4.78 is 22.6. The van der Waals surface area contributed by atoms with Crippen LogP contribution in [0.3, 0.4) is 0 Å². The summed E-state index contributed by atoms with van der Waals surface area (Å²) >= 11 is 6.24. The number of hydrogen-bond acceptors (Lipinski definition) is 1. The van der Waals surface area contributed by atoms with Crippen LogP contribution in [0.1, 0.15) is 25.5 Å². The SMILES string of the molecule is CC=C(F)C=C1C(c2ccc(Cl)cc2)OP(c2ccccc2)(c2ccccc2)(c2ccccc2)C1C. The number of benzene rings is 4. The molecule has 182 valence electrons. The maximum atomic E-state index is 15.0. The fourth-order valence-electron chi connectivity index (χ4n) is 5.68. The average Bonchev–Trinajstić information content (AvgIpc) is 3.21. The van der Waals surface area contributed by atoms with Gasteiger partial charge in [-0.1, -0.05) is 0 Å². The van der Waals surface area contributed by atoms with E-state index in [1.165, 1.54) is 6.08 Å². The molecule has 0 saturated carbocycles. The van der Waals surface area contributed by atoms with Gasteiger partial charge in [0, 0.05) is 0 Å². The molecule has 0 amide bonds. The number of allylic oxidation sites excluding steroid dienone is 3. The second-order valence-electron chi connectivity index (χ2n) is 9.14. The van der Waals surface area contributed by atoms with Crippen LogP contribution in [-0.4, -0.2) is 5.66 Å². The Morgan fingerprint density at radius 1 is 0.750 bits per heavy atom. The maximum absolute atomic E-state index is 15.0. The summed E-state index contributed by atoms with van der Waals surface area (Å²) in [4.78, 5) is 0. The van der Waals surface area contributed by atoms with Crippen molar-refractivity contribution in [3.05, 3.63) is 149 Å². The predicted octanol–water partition coefficient (Wildman–Crippen LogP) is 8.04. The van der Waals surface area contributed by atoms with Crippen LogP contribution < -0.4 is 15.9 Å². The molecule has 0 bridgehead atoms. The first-order valence-electron chi connectivity index (χ1n) is 12.2. The molecular formula is C32H29ClFOP. The Morgan fingerprint density at radius 2 is 1.19 bits per heavy atom. The molecule has 0 aliphatic carbocycles. The van der Waals surface area contributed by atoms with Crippen LogP contribution >= 0.6 is 18.4 Å². The molecule has 2 unspecified atom stereocenters. The van der Waals surface area contributed by atoms with Crippen molar-refractivity contribution < 1.29 is 8.91 Å². The van der Waals surface area contributed by atoms with Gasteiger partial charge in [-0.15, -0.1) is 0 Å². The van der Waals surface area contributed by atoms with Crippen molar-refractivity contribution in [1.82, 2.24) is 0 Å². The first kappa shape index (κ1) is 24.7. The van der Waals surface area contributed by atoms with E-state index < -0.39 is 12.9 Å². The van der Waals surface area contributed by atoms with Crippen LogP contribution in [0, 0.1) is 0 Å². The van der Waals surface area contributed by atoms with E-state index in [1.54, 1.807) is 13.0 Å². The molecule has 4 heteroatoms. The zero-order chi connectivity index (χ0) is 25.2. The molecule has 1 aliphatic heterocycles. The summed E-state index contributed by atoms with van der Waals surface area (Å²) in [6, 6.07) is 39.2. The summed E-state index contributed by atoms with van der Waals surface area (Å²) in [5.74, 6) is -0.271. The van der Waals surface area contributed by atoms with Crippen LogP contribution in [0.2, 0.25) is 5.02 Å². The van der Waals surface area contributed by atoms with Crippen molar-refractivity contribution >= 4 is 34.3 Å². The van der Waals surface area contributed by atoms with Crippen molar-refractivity contribution in [2.24, 2.45) is 0 Å². The molecular weight excluding hydrogens is 486 g/mol. The first-order valence-corrected chi connectivity index (χ1v) is 14.8. The van der Waals surface area contributed by atoms with Crippen molar-refractivity contribution in [2.45, 2.75) is 25.6 Å². The summed E-state index contributed by atoms with van der Waals surface area (Å²) in [7, 11) is 0. The summed E-state index contributed by atoms with van der Waals surface area (Å²) in [5, 5.41) is 4.02. The summed E-state index contributed by atoms with van der Waals surface area (Å²) in [5.41, 5.74) is 1.74. The van der Waals surface area contributed by atoms with E-state index in [9.17, 15) is 0 Å². The minimum atomic E-state index is -3.64. The van der Waals surface area contributed by atoms with E-state index in [1.807, 2.05) is 42.5 Å². The Hall–Kier alpha value is -3.03. The normalized spacial score (nSPS) is 23.2. The Balaban J connectivity index is 1.95. The average molecular weight is 515 g/mol. The van der Waals surface area contributed by atoms with Crippen LogP contribution in [0.4, 0.5) is 4.39 Å². The minimum absolute atomic E-state index is 0.130. The van der Waals surface area contributed by atoms with E-state index in [0.29, 0.717) is 5.02 Å². The van der Waals surface area contributed by atoms with Gasteiger partial charge in [0.2, 0.25) is 0 Å². The Bertz CT molecular complexity index is 1300. The molecule has 36 heavy (non-hydrogen) atoms. The van der Waals surface area contributed by atoms with Gasteiger partial charge in [-0.3, -0.25) is 0 Å². The molecule has 1 heterocycles. The van der Waals surface area contributed by atoms with Crippen LogP contribution in [0.5, 0.6) is 0 Å². The molecule has 4 aromatic carbocycles. The van der Waals surface area contributed by atoms with Gasteiger partial charge >= 0.3 is 218 Å². The molecule has 0 N–H and O–H groups in total. The second-order valence-corrected chi connectivity index (χ2v) is 14.3. The van der Waals surface area contributed by atoms with E-state index in [4.69, 9.17) is 16.1 Å². The third-order valence-electron chi connectivity index (χ3n) is 7.41. The number of halogens is 2. The van der Waals surface area contributed by atoms with Gasteiger partial charge in [-0.05, 0) is 0 Å². The Labute approximate surface area is 217 Å². The van der Waals surface area contributed by atoms with Gasteiger partial charge in [0.25, 0.3) is 0 Å². The molecule has 0 radical (unpaired) electrons. The van der Waals surface area contributed by atoms with E-state index >= 15 is 4.39 Å². The molecule has 5 rings (SSSR count). The van der Waals surface area contributed by atoms with Crippen molar-refractivity contribution in [1.29, 1.82) is 0 Å². The molecule has 1 fully saturated rings. The monoisotopic (exact) mass is 514 g/mol. The molecule has 0 spiro atoms. The van der Waals surface area contributed by atoms with Gasteiger partial charge < -0.3 is 0 Å². The topological polar surface area (TPSA) is 9.23 Å². The van der Waals surface area contributed by atoms with Crippen molar-refractivity contribution in [2.75, 3.05) is 0 Å². The zero-order valence-electron chi connectivity index (χ0n) is 20.4. The van der Waals surface area contributed by atoms with Gasteiger partial charge in [-0.25, -0.2) is 0 Å². The van der Waals surface area contributed by atoms with Crippen molar-refractivity contribution in [3.8, 4) is 0 Å². The summed E-state index contributed by atoms with van der Waals surface area (Å²) in [6.07, 6.45) is 2.73. The zero-order valence-corrected chi connectivity index (χ0v) is 22.0. The third kappa shape index (κ3) is 3.68. The predicted molar refractivity (Wildman–Crippen MR) is 153 cm³/mol. The fraction of sp³-hybridized carbons (Fsp3) is 0.125. The van der Waals surface area contributed by atoms with E-state index in [0.717, 1.165) is 27.1 Å². The second kappa shape index (κ2) is 9.79. The van der Waals surface area contributed by atoms with Gasteiger partial charge in [-0.2, -0.15) is 0 Å². The van der Waals surface area contributed by atoms with E-state index in [-0.39, 0.29) is 11.5 Å². The molecule has 1 aliphatic rings. The van der Waals surface area contributed by atoms with Crippen molar-refractivity contribution in [3.63, 3.8) is 0 Å². The summed E-state index contributed by atoms with van der Waals surface area (Å²) in [6.45, 7) is 0.280. The third-order valence-corrected chi connectivity index (χ3v) is 14.1.